The summed E-state index contributed by atoms with van der Waals surface area (Å²) in [6.45, 7) is 4.75. The number of esters is 1. The van der Waals surface area contributed by atoms with E-state index in [9.17, 15) is 9.59 Å². The van der Waals surface area contributed by atoms with Crippen molar-refractivity contribution < 1.29 is 14.3 Å². The number of alkyl halides is 1. The van der Waals surface area contributed by atoms with Crippen LogP contribution >= 0.6 is 11.6 Å². The molecular weight excluding hydrogens is 194 g/mol. The van der Waals surface area contributed by atoms with Crippen molar-refractivity contribution in [3.8, 4) is 0 Å². The molecule has 0 aliphatic rings. The third-order valence-electron chi connectivity index (χ3n) is 1.21. The summed E-state index contributed by atoms with van der Waals surface area (Å²) in [4.78, 5) is 23.2. The molecule has 0 aliphatic carbocycles. The maximum Gasteiger partial charge on any atom is 0.326 e. The van der Waals surface area contributed by atoms with Crippen LogP contribution in [0.15, 0.2) is 4.99 Å². The lowest BCUT2D eigenvalue weighted by Crippen LogP contribution is -2.29. The van der Waals surface area contributed by atoms with E-state index in [1.54, 1.807) is 6.92 Å². The Labute approximate surface area is 81.9 Å². The van der Waals surface area contributed by atoms with Gasteiger partial charge in [-0.1, -0.05) is 0 Å². The van der Waals surface area contributed by atoms with E-state index in [-0.39, 0.29) is 12.6 Å². The first-order valence-electron chi connectivity index (χ1n) is 3.81. The third-order valence-corrected chi connectivity index (χ3v) is 1.37. The molecule has 0 aromatic carbocycles. The van der Waals surface area contributed by atoms with Crippen molar-refractivity contribution in [1.82, 2.24) is 0 Å². The molecule has 0 bridgehead atoms. The van der Waals surface area contributed by atoms with Gasteiger partial charge >= 0.3 is 5.97 Å². The van der Waals surface area contributed by atoms with Crippen molar-refractivity contribution in [1.29, 1.82) is 0 Å². The van der Waals surface area contributed by atoms with Gasteiger partial charge in [0, 0.05) is 0 Å². The average molecular weight is 206 g/mol. The first-order valence-corrected chi connectivity index (χ1v) is 4.19. The standard InChI is InChI=1S/C8H12ClNO3/c1-6(10-5-11)4-13-7(12)8(2,3)9/h6H,4H2,1-3H3. The largest absolute Gasteiger partial charge is 0.462 e. The number of nitrogens with zero attached hydrogens (tertiary/aromatic N) is 1. The molecule has 0 N–H and O–H groups in total. The Balaban J connectivity index is 3.90. The summed E-state index contributed by atoms with van der Waals surface area (Å²) in [5, 5.41) is 0. The number of hydrogen-bond donors (Lipinski definition) is 0. The van der Waals surface area contributed by atoms with Crippen LogP contribution in [-0.2, 0) is 14.3 Å². The molecule has 1 atom stereocenters. The van der Waals surface area contributed by atoms with Gasteiger partial charge in [0.1, 0.15) is 11.5 Å². The van der Waals surface area contributed by atoms with Gasteiger partial charge < -0.3 is 4.74 Å². The number of isocyanates is 1. The van der Waals surface area contributed by atoms with Crippen LogP contribution in [0.1, 0.15) is 20.8 Å². The fourth-order valence-electron chi connectivity index (χ4n) is 0.495. The van der Waals surface area contributed by atoms with E-state index in [0.717, 1.165) is 0 Å². The van der Waals surface area contributed by atoms with Crippen LogP contribution in [0.25, 0.3) is 0 Å². The second kappa shape index (κ2) is 5.00. The molecule has 0 radical (unpaired) electrons. The number of aliphatic imine (C=N–C) groups is 1. The minimum Gasteiger partial charge on any atom is -0.462 e. The Morgan fingerprint density at radius 3 is 2.62 bits per heavy atom. The summed E-state index contributed by atoms with van der Waals surface area (Å²) in [5.41, 5.74) is 0. The van der Waals surface area contributed by atoms with Gasteiger partial charge in [-0.15, -0.1) is 11.6 Å². The maximum absolute atomic E-state index is 11.1. The molecule has 13 heavy (non-hydrogen) atoms. The number of carbonyl (C=O) groups excluding carboxylic acids is 2. The first-order chi connectivity index (χ1) is 5.88. The highest BCUT2D eigenvalue weighted by molar-refractivity contribution is 6.33. The van der Waals surface area contributed by atoms with Gasteiger partial charge in [-0.2, -0.15) is 4.99 Å². The van der Waals surface area contributed by atoms with Crippen LogP contribution in [0.2, 0.25) is 0 Å². The molecule has 0 fully saturated rings. The Kier molecular flexibility index (Phi) is 4.67. The number of carbonyl (C=O) groups is 1. The van der Waals surface area contributed by atoms with Gasteiger partial charge in [-0.25, -0.2) is 4.79 Å². The zero-order chi connectivity index (χ0) is 10.5. The molecule has 0 saturated carbocycles. The maximum atomic E-state index is 11.1. The topological polar surface area (TPSA) is 55.7 Å². The Morgan fingerprint density at radius 1 is 1.69 bits per heavy atom. The van der Waals surface area contributed by atoms with Crippen LogP contribution < -0.4 is 0 Å². The molecule has 0 amide bonds. The highest BCUT2D eigenvalue weighted by Gasteiger charge is 2.26. The van der Waals surface area contributed by atoms with Crippen molar-refractivity contribution in [2.75, 3.05) is 6.61 Å². The van der Waals surface area contributed by atoms with Crippen LogP contribution in [0.5, 0.6) is 0 Å². The zero-order valence-corrected chi connectivity index (χ0v) is 8.59. The minimum atomic E-state index is -1.04. The van der Waals surface area contributed by atoms with Gasteiger partial charge in [0.2, 0.25) is 6.08 Å². The Morgan fingerprint density at radius 2 is 2.23 bits per heavy atom. The lowest BCUT2D eigenvalue weighted by molar-refractivity contribution is -0.146. The van der Waals surface area contributed by atoms with E-state index in [1.807, 2.05) is 0 Å². The molecule has 0 heterocycles. The molecular formula is C8H12ClNO3. The monoisotopic (exact) mass is 205 g/mol. The van der Waals surface area contributed by atoms with Crippen molar-refractivity contribution in [3.63, 3.8) is 0 Å². The summed E-state index contributed by atoms with van der Waals surface area (Å²) >= 11 is 5.66. The Bertz CT molecular complexity index is 228. The molecule has 74 valence electrons. The van der Waals surface area contributed by atoms with E-state index in [4.69, 9.17) is 16.3 Å². The van der Waals surface area contributed by atoms with E-state index in [1.165, 1.54) is 19.9 Å². The summed E-state index contributed by atoms with van der Waals surface area (Å²) in [5.74, 6) is -0.526. The van der Waals surface area contributed by atoms with Crippen molar-refractivity contribution in [2.45, 2.75) is 31.7 Å². The molecule has 0 aromatic rings. The molecule has 5 heteroatoms. The second-order valence-corrected chi connectivity index (χ2v) is 4.09. The van der Waals surface area contributed by atoms with E-state index >= 15 is 0 Å². The molecule has 0 aliphatic heterocycles. The number of ether oxygens (including phenoxy) is 1. The molecule has 0 saturated heterocycles. The van der Waals surface area contributed by atoms with Crippen LogP contribution in [0.4, 0.5) is 0 Å². The van der Waals surface area contributed by atoms with Gasteiger partial charge in [0.05, 0.1) is 6.04 Å². The zero-order valence-electron chi connectivity index (χ0n) is 7.83. The lowest BCUT2D eigenvalue weighted by Gasteiger charge is -2.14. The van der Waals surface area contributed by atoms with Gasteiger partial charge in [-0.3, -0.25) is 4.79 Å². The predicted octanol–water partition coefficient (Wildman–Crippen LogP) is 1.27. The van der Waals surface area contributed by atoms with Gasteiger partial charge in [-0.05, 0) is 20.8 Å². The number of halogens is 1. The summed E-state index contributed by atoms with van der Waals surface area (Å²) < 4.78 is 4.78. The number of rotatable bonds is 4. The molecule has 0 spiro atoms. The minimum absolute atomic E-state index is 0.0459. The third kappa shape index (κ3) is 5.39. The predicted molar refractivity (Wildman–Crippen MR) is 48.5 cm³/mol. The fraction of sp³-hybridized carbons (Fsp3) is 0.750. The van der Waals surface area contributed by atoms with Crippen LogP contribution in [-0.4, -0.2) is 29.6 Å². The highest BCUT2D eigenvalue weighted by atomic mass is 35.5. The lowest BCUT2D eigenvalue weighted by atomic mass is 10.2. The van der Waals surface area contributed by atoms with E-state index in [2.05, 4.69) is 4.99 Å². The second-order valence-electron chi connectivity index (χ2n) is 3.14. The van der Waals surface area contributed by atoms with Crippen LogP contribution in [0, 0.1) is 0 Å². The molecule has 0 aromatic heterocycles. The summed E-state index contributed by atoms with van der Waals surface area (Å²) in [6.07, 6.45) is 1.38. The highest BCUT2D eigenvalue weighted by Crippen LogP contribution is 2.14. The summed E-state index contributed by atoms with van der Waals surface area (Å²) in [7, 11) is 0. The quantitative estimate of drug-likeness (QED) is 0.301. The van der Waals surface area contributed by atoms with Gasteiger partial charge in [0.15, 0.2) is 0 Å². The van der Waals surface area contributed by atoms with Crippen molar-refractivity contribution in [2.24, 2.45) is 4.99 Å². The Hall–Kier alpha value is -0.860. The number of hydrogen-bond acceptors (Lipinski definition) is 4. The van der Waals surface area contributed by atoms with Crippen LogP contribution in [0.3, 0.4) is 0 Å². The molecule has 4 nitrogen and oxygen atoms in total. The van der Waals surface area contributed by atoms with E-state index in [0.29, 0.717) is 0 Å². The average Bonchev–Trinajstić information content (AvgIpc) is 1.99. The molecule has 0 rings (SSSR count). The SMILES string of the molecule is CC(COC(=O)C(C)(C)Cl)N=C=O. The van der Waals surface area contributed by atoms with E-state index < -0.39 is 10.8 Å². The normalized spacial score (nSPS) is 12.9. The molecule has 1 unspecified atom stereocenters. The van der Waals surface area contributed by atoms with Crippen molar-refractivity contribution in [3.05, 3.63) is 0 Å². The van der Waals surface area contributed by atoms with Gasteiger partial charge in [0.25, 0.3) is 0 Å². The first kappa shape index (κ1) is 12.1. The fourth-order valence-corrected chi connectivity index (χ4v) is 0.550. The smallest absolute Gasteiger partial charge is 0.326 e. The summed E-state index contributed by atoms with van der Waals surface area (Å²) in [6, 6.07) is -0.375. The van der Waals surface area contributed by atoms with Crippen molar-refractivity contribution >= 4 is 23.7 Å².